The number of nitrogens with one attached hydrogen (secondary N) is 1. The molecule has 26 heavy (non-hydrogen) atoms. The number of carbonyl (C=O) groups is 1. The van der Waals surface area contributed by atoms with Gasteiger partial charge in [-0.2, -0.15) is 0 Å². The van der Waals surface area contributed by atoms with Crippen molar-refractivity contribution in [3.05, 3.63) is 78.1 Å². The number of halogens is 1. The summed E-state index contributed by atoms with van der Waals surface area (Å²) in [5.74, 6) is 0.599. The second-order valence-electron chi connectivity index (χ2n) is 5.42. The molecule has 0 fully saturated rings. The van der Waals surface area contributed by atoms with Gasteiger partial charge in [0.15, 0.2) is 11.4 Å². The summed E-state index contributed by atoms with van der Waals surface area (Å²) >= 11 is 0. The van der Waals surface area contributed by atoms with E-state index in [-0.39, 0.29) is 18.2 Å². The van der Waals surface area contributed by atoms with Crippen LogP contribution in [0, 0.1) is 5.82 Å². The molecule has 7 nitrogen and oxygen atoms in total. The van der Waals surface area contributed by atoms with Crippen molar-refractivity contribution in [3.63, 3.8) is 0 Å². The third kappa shape index (κ3) is 3.25. The maximum atomic E-state index is 12.9. The molecule has 0 bridgehead atoms. The molecule has 0 atom stereocenters. The van der Waals surface area contributed by atoms with Crippen molar-refractivity contribution in [1.82, 2.24) is 14.6 Å². The van der Waals surface area contributed by atoms with E-state index >= 15 is 0 Å². The summed E-state index contributed by atoms with van der Waals surface area (Å²) in [6, 6.07) is 14.2. The number of rotatable bonds is 5. The number of benzene rings is 1. The first-order chi connectivity index (χ1) is 12.7. The lowest BCUT2D eigenvalue weighted by Crippen LogP contribution is -2.13. The molecule has 130 valence electrons. The van der Waals surface area contributed by atoms with Crippen LogP contribution in [0.3, 0.4) is 0 Å². The highest BCUT2D eigenvalue weighted by Crippen LogP contribution is 2.16. The van der Waals surface area contributed by atoms with E-state index in [1.165, 1.54) is 24.3 Å². The summed E-state index contributed by atoms with van der Waals surface area (Å²) < 4.78 is 25.5. The summed E-state index contributed by atoms with van der Waals surface area (Å²) in [6.45, 7) is 0.118. The molecule has 0 aliphatic carbocycles. The Labute approximate surface area is 147 Å². The zero-order chi connectivity index (χ0) is 17.9. The Morgan fingerprint density at radius 3 is 2.81 bits per heavy atom. The third-order valence-electron chi connectivity index (χ3n) is 3.62. The smallest absolute Gasteiger partial charge is 0.293 e. The SMILES string of the molecule is O=C(Nc1nnc2ccccn12)c1ccc(COc2ccc(F)cc2)o1. The second kappa shape index (κ2) is 6.67. The van der Waals surface area contributed by atoms with Crippen molar-refractivity contribution in [2.75, 3.05) is 5.32 Å². The van der Waals surface area contributed by atoms with Crippen LogP contribution < -0.4 is 10.1 Å². The molecule has 4 rings (SSSR count). The van der Waals surface area contributed by atoms with Crippen LogP contribution in [0.5, 0.6) is 5.75 Å². The predicted molar refractivity (Wildman–Crippen MR) is 90.4 cm³/mol. The number of hydrogen-bond acceptors (Lipinski definition) is 5. The third-order valence-corrected chi connectivity index (χ3v) is 3.62. The maximum absolute atomic E-state index is 12.9. The van der Waals surface area contributed by atoms with E-state index in [9.17, 15) is 9.18 Å². The van der Waals surface area contributed by atoms with Gasteiger partial charge in [0.2, 0.25) is 5.95 Å². The summed E-state index contributed by atoms with van der Waals surface area (Å²) in [5, 5.41) is 10.5. The standard InChI is InChI=1S/C18H13FN4O3/c19-12-4-6-13(7-5-12)25-11-14-8-9-15(26-14)17(24)20-18-22-21-16-3-1-2-10-23(16)18/h1-10H,11H2,(H,20,22,24). The van der Waals surface area contributed by atoms with Crippen LogP contribution in [-0.2, 0) is 6.61 Å². The molecule has 3 aromatic heterocycles. The van der Waals surface area contributed by atoms with Crippen LogP contribution in [-0.4, -0.2) is 20.5 Å². The van der Waals surface area contributed by atoms with Gasteiger partial charge in [-0.25, -0.2) is 4.39 Å². The highest BCUT2D eigenvalue weighted by atomic mass is 19.1. The quantitative estimate of drug-likeness (QED) is 0.596. The number of aromatic nitrogens is 3. The molecule has 0 saturated heterocycles. The minimum atomic E-state index is -0.448. The molecule has 0 spiro atoms. The molecule has 1 aromatic carbocycles. The zero-order valence-electron chi connectivity index (χ0n) is 13.4. The molecular formula is C18H13FN4O3. The zero-order valence-corrected chi connectivity index (χ0v) is 13.4. The predicted octanol–water partition coefficient (Wildman–Crippen LogP) is 3.29. The van der Waals surface area contributed by atoms with Gasteiger partial charge in [-0.05, 0) is 48.5 Å². The normalized spacial score (nSPS) is 10.8. The monoisotopic (exact) mass is 352 g/mol. The average Bonchev–Trinajstić information content (AvgIpc) is 3.29. The van der Waals surface area contributed by atoms with Crippen LogP contribution in [0.4, 0.5) is 10.3 Å². The number of pyridine rings is 1. The fraction of sp³-hybridized carbons (Fsp3) is 0.0556. The van der Waals surface area contributed by atoms with E-state index in [1.807, 2.05) is 12.1 Å². The number of amides is 1. The van der Waals surface area contributed by atoms with Crippen LogP contribution in [0.1, 0.15) is 16.3 Å². The average molecular weight is 352 g/mol. The van der Waals surface area contributed by atoms with Gasteiger partial charge in [0.05, 0.1) is 0 Å². The van der Waals surface area contributed by atoms with Crippen LogP contribution in [0.15, 0.2) is 65.2 Å². The van der Waals surface area contributed by atoms with Gasteiger partial charge in [-0.3, -0.25) is 14.5 Å². The first-order valence-electron chi connectivity index (χ1n) is 7.77. The van der Waals surface area contributed by atoms with Crippen LogP contribution in [0.25, 0.3) is 5.65 Å². The molecule has 1 amide bonds. The molecular weight excluding hydrogens is 339 g/mol. The van der Waals surface area contributed by atoms with Crippen LogP contribution >= 0.6 is 0 Å². The van der Waals surface area contributed by atoms with Gasteiger partial charge < -0.3 is 9.15 Å². The molecule has 0 unspecified atom stereocenters. The van der Waals surface area contributed by atoms with E-state index in [4.69, 9.17) is 9.15 Å². The molecule has 0 aliphatic heterocycles. The Morgan fingerprint density at radius 2 is 1.96 bits per heavy atom. The lowest BCUT2D eigenvalue weighted by Gasteiger charge is -2.04. The number of hydrogen-bond donors (Lipinski definition) is 1. The summed E-state index contributed by atoms with van der Waals surface area (Å²) in [4.78, 5) is 12.3. The minimum absolute atomic E-state index is 0.118. The largest absolute Gasteiger partial charge is 0.486 e. The number of carbonyl (C=O) groups excluding carboxylic acids is 1. The Balaban J connectivity index is 1.42. The highest BCUT2D eigenvalue weighted by Gasteiger charge is 2.15. The number of anilines is 1. The Hall–Kier alpha value is -3.68. The molecule has 0 radical (unpaired) electrons. The van der Waals surface area contributed by atoms with E-state index in [0.717, 1.165) is 0 Å². The maximum Gasteiger partial charge on any atom is 0.293 e. The second-order valence-corrected chi connectivity index (χ2v) is 5.42. The summed E-state index contributed by atoms with van der Waals surface area (Å²) in [6.07, 6.45) is 1.75. The van der Waals surface area contributed by atoms with Gasteiger partial charge in [0, 0.05) is 6.20 Å². The molecule has 8 heteroatoms. The summed E-state index contributed by atoms with van der Waals surface area (Å²) in [7, 11) is 0. The van der Waals surface area contributed by atoms with E-state index < -0.39 is 5.91 Å². The summed E-state index contributed by atoms with van der Waals surface area (Å²) in [5.41, 5.74) is 0.621. The molecule has 0 aliphatic rings. The number of nitrogens with zero attached hydrogens (tertiary/aromatic N) is 3. The Kier molecular flexibility index (Phi) is 4.06. The van der Waals surface area contributed by atoms with Crippen LogP contribution in [0.2, 0.25) is 0 Å². The van der Waals surface area contributed by atoms with Crippen molar-refractivity contribution in [2.45, 2.75) is 6.61 Å². The molecule has 4 aromatic rings. The first-order valence-corrected chi connectivity index (χ1v) is 7.77. The topological polar surface area (TPSA) is 81.7 Å². The van der Waals surface area contributed by atoms with Crippen molar-refractivity contribution in [2.24, 2.45) is 0 Å². The van der Waals surface area contributed by atoms with E-state index in [2.05, 4.69) is 15.5 Å². The van der Waals surface area contributed by atoms with Gasteiger partial charge in [-0.15, -0.1) is 10.2 Å². The lowest BCUT2D eigenvalue weighted by atomic mass is 10.3. The number of fused-ring (bicyclic) bond motifs is 1. The van der Waals surface area contributed by atoms with E-state index in [1.54, 1.807) is 28.8 Å². The van der Waals surface area contributed by atoms with Gasteiger partial charge in [0.25, 0.3) is 5.91 Å². The molecule has 0 saturated carbocycles. The van der Waals surface area contributed by atoms with Crippen molar-refractivity contribution in [3.8, 4) is 5.75 Å². The highest BCUT2D eigenvalue weighted by molar-refractivity contribution is 6.01. The minimum Gasteiger partial charge on any atom is -0.486 e. The first kappa shape index (κ1) is 15.8. The fourth-order valence-electron chi connectivity index (χ4n) is 2.35. The van der Waals surface area contributed by atoms with Gasteiger partial charge in [0.1, 0.15) is 23.9 Å². The molecule has 3 heterocycles. The van der Waals surface area contributed by atoms with Crippen molar-refractivity contribution in [1.29, 1.82) is 0 Å². The Bertz CT molecular complexity index is 1060. The molecule has 1 N–H and O–H groups in total. The van der Waals surface area contributed by atoms with Crippen molar-refractivity contribution >= 4 is 17.5 Å². The van der Waals surface area contributed by atoms with Crippen molar-refractivity contribution < 1.29 is 18.3 Å². The van der Waals surface area contributed by atoms with Gasteiger partial charge in [-0.1, -0.05) is 6.07 Å². The number of ether oxygens (including phenoxy) is 1. The van der Waals surface area contributed by atoms with Gasteiger partial charge >= 0.3 is 0 Å². The fourth-order valence-corrected chi connectivity index (χ4v) is 2.35. The van der Waals surface area contributed by atoms with E-state index in [0.29, 0.717) is 23.1 Å². The Morgan fingerprint density at radius 1 is 1.12 bits per heavy atom. The number of furan rings is 1. The lowest BCUT2D eigenvalue weighted by molar-refractivity contribution is 0.0991.